The number of rotatable bonds is 5. The van der Waals surface area contributed by atoms with Gasteiger partial charge in [-0.1, -0.05) is 12.1 Å². The molecule has 0 unspecified atom stereocenters. The summed E-state index contributed by atoms with van der Waals surface area (Å²) in [6, 6.07) is 9.27. The van der Waals surface area contributed by atoms with Crippen molar-refractivity contribution in [2.24, 2.45) is 0 Å². The van der Waals surface area contributed by atoms with Gasteiger partial charge in [-0.15, -0.1) is 5.10 Å². The Balaban J connectivity index is 1.59. The maximum absolute atomic E-state index is 12.9. The molecule has 7 nitrogen and oxygen atoms in total. The van der Waals surface area contributed by atoms with Gasteiger partial charge in [-0.3, -0.25) is 4.90 Å². The quantitative estimate of drug-likeness (QED) is 0.748. The van der Waals surface area contributed by atoms with Crippen molar-refractivity contribution in [1.82, 2.24) is 24.5 Å². The molecule has 26 heavy (non-hydrogen) atoms. The molecule has 0 aliphatic carbocycles. The number of anilines is 1. The molecule has 1 fully saturated rings. The number of fused-ring (bicyclic) bond motifs is 1. The highest BCUT2D eigenvalue weighted by molar-refractivity contribution is 5.71. The van der Waals surface area contributed by atoms with Crippen LogP contribution in [-0.4, -0.2) is 57.1 Å². The second kappa shape index (κ2) is 6.17. The van der Waals surface area contributed by atoms with Crippen LogP contribution in [0.3, 0.4) is 0 Å². The van der Waals surface area contributed by atoms with Gasteiger partial charge in [-0.05, 0) is 12.1 Å². The van der Waals surface area contributed by atoms with Crippen LogP contribution in [0.5, 0.6) is 5.75 Å². The summed E-state index contributed by atoms with van der Waals surface area (Å²) < 4.78 is 32.6. The van der Waals surface area contributed by atoms with Crippen molar-refractivity contribution in [3.8, 4) is 17.0 Å². The lowest BCUT2D eigenvalue weighted by atomic mass is 10.1. The first-order valence-electron chi connectivity index (χ1n) is 8.21. The summed E-state index contributed by atoms with van der Waals surface area (Å²) in [6.07, 6.45) is 0.473. The summed E-state index contributed by atoms with van der Waals surface area (Å²) in [5, 5.41) is 4.33. The van der Waals surface area contributed by atoms with E-state index >= 15 is 0 Å². The van der Waals surface area contributed by atoms with E-state index in [0.29, 0.717) is 35.9 Å². The molecule has 0 amide bonds. The number of nitrogens with two attached hydrogens (primary N) is 1. The molecule has 0 radical (unpaired) electrons. The normalized spacial score (nSPS) is 16.6. The van der Waals surface area contributed by atoms with Gasteiger partial charge in [0.1, 0.15) is 5.75 Å². The Morgan fingerprint density at radius 2 is 2.00 bits per heavy atom. The number of hydrogen-bond acceptors (Lipinski definition) is 6. The van der Waals surface area contributed by atoms with Crippen LogP contribution in [0.15, 0.2) is 30.3 Å². The Bertz CT molecular complexity index is 950. The lowest BCUT2D eigenvalue weighted by Gasteiger charge is -2.38. The molecule has 2 aromatic heterocycles. The van der Waals surface area contributed by atoms with Crippen molar-refractivity contribution in [2.75, 3.05) is 32.5 Å². The third kappa shape index (κ3) is 3.05. The number of alkyl halides is 2. The fourth-order valence-corrected chi connectivity index (χ4v) is 3.08. The highest BCUT2D eigenvalue weighted by Gasteiger charge is 2.43. The summed E-state index contributed by atoms with van der Waals surface area (Å²) >= 11 is 0. The van der Waals surface area contributed by atoms with Gasteiger partial charge in [-0.25, -0.2) is 18.7 Å². The van der Waals surface area contributed by atoms with Crippen LogP contribution in [0.2, 0.25) is 0 Å². The number of halogens is 2. The molecule has 4 rings (SSSR count). The highest BCUT2D eigenvalue weighted by atomic mass is 19.3. The van der Waals surface area contributed by atoms with Gasteiger partial charge in [0, 0.05) is 24.6 Å². The minimum absolute atomic E-state index is 0.206. The van der Waals surface area contributed by atoms with Crippen molar-refractivity contribution in [1.29, 1.82) is 0 Å². The largest absolute Gasteiger partial charge is 0.496 e. The third-order valence-corrected chi connectivity index (χ3v) is 4.34. The number of benzene rings is 1. The van der Waals surface area contributed by atoms with Gasteiger partial charge in [0.05, 0.1) is 25.9 Å². The molecule has 0 bridgehead atoms. The average Bonchev–Trinajstić information content (AvgIpc) is 3.01. The van der Waals surface area contributed by atoms with Crippen LogP contribution in [0, 0.1) is 0 Å². The molecule has 1 saturated heterocycles. The number of likely N-dealkylation sites (tertiary alicyclic amines) is 1. The van der Waals surface area contributed by atoms with E-state index in [1.54, 1.807) is 18.1 Å². The van der Waals surface area contributed by atoms with Crippen molar-refractivity contribution in [2.45, 2.75) is 12.3 Å². The molecule has 1 aliphatic heterocycles. The van der Waals surface area contributed by atoms with E-state index in [-0.39, 0.29) is 19.0 Å². The van der Waals surface area contributed by atoms with Crippen molar-refractivity contribution < 1.29 is 13.5 Å². The molecule has 0 spiro atoms. The summed E-state index contributed by atoms with van der Waals surface area (Å²) in [7, 11) is 1.59. The zero-order valence-electron chi connectivity index (χ0n) is 14.2. The Morgan fingerprint density at radius 1 is 1.23 bits per heavy atom. The fourth-order valence-electron chi connectivity index (χ4n) is 3.08. The van der Waals surface area contributed by atoms with Crippen LogP contribution in [0.25, 0.3) is 16.9 Å². The van der Waals surface area contributed by atoms with E-state index in [4.69, 9.17) is 10.5 Å². The number of nitrogens with zero attached hydrogens (tertiary/aromatic N) is 5. The molecule has 0 atom stereocenters. The molecule has 2 N–H and O–H groups in total. The van der Waals surface area contributed by atoms with Crippen LogP contribution in [-0.2, 0) is 6.42 Å². The number of nitrogen functional groups attached to an aromatic ring is 1. The number of ether oxygens (including phenoxy) is 1. The number of para-hydroxylation sites is 1. The van der Waals surface area contributed by atoms with Gasteiger partial charge in [0.15, 0.2) is 11.5 Å². The van der Waals surface area contributed by atoms with Crippen LogP contribution in [0.1, 0.15) is 5.82 Å². The molecule has 0 saturated carbocycles. The fraction of sp³-hybridized carbons (Fsp3) is 0.353. The SMILES string of the molecule is COc1ccccc1-c1cc2nc(CCN3CC(F)(F)C3)nn2c(N)n1. The summed E-state index contributed by atoms with van der Waals surface area (Å²) in [6.45, 7) is 0.0726. The number of aromatic nitrogens is 4. The van der Waals surface area contributed by atoms with E-state index in [0.717, 1.165) is 5.56 Å². The Kier molecular flexibility index (Phi) is 3.95. The van der Waals surface area contributed by atoms with Crippen molar-refractivity contribution in [3.63, 3.8) is 0 Å². The van der Waals surface area contributed by atoms with Crippen LogP contribution >= 0.6 is 0 Å². The molecular formula is C17H18F2N6O. The van der Waals surface area contributed by atoms with E-state index in [1.807, 2.05) is 24.3 Å². The first kappa shape index (κ1) is 16.6. The van der Waals surface area contributed by atoms with Crippen LogP contribution < -0.4 is 10.5 Å². The molecular weight excluding hydrogens is 342 g/mol. The van der Waals surface area contributed by atoms with E-state index in [2.05, 4.69) is 15.1 Å². The lowest BCUT2D eigenvalue weighted by molar-refractivity contribution is -0.129. The average molecular weight is 360 g/mol. The zero-order chi connectivity index (χ0) is 18.3. The van der Waals surface area contributed by atoms with Gasteiger partial charge in [0.2, 0.25) is 5.95 Å². The monoisotopic (exact) mass is 360 g/mol. The molecule has 3 heterocycles. The first-order valence-corrected chi connectivity index (χ1v) is 8.21. The summed E-state index contributed by atoms with van der Waals surface area (Å²) in [4.78, 5) is 10.5. The van der Waals surface area contributed by atoms with E-state index in [9.17, 15) is 8.78 Å². The van der Waals surface area contributed by atoms with Gasteiger partial charge in [0.25, 0.3) is 5.92 Å². The second-order valence-electron chi connectivity index (χ2n) is 6.31. The Labute approximate surface area is 148 Å². The predicted molar refractivity (Wildman–Crippen MR) is 92.3 cm³/mol. The third-order valence-electron chi connectivity index (χ3n) is 4.34. The Morgan fingerprint density at radius 3 is 2.73 bits per heavy atom. The zero-order valence-corrected chi connectivity index (χ0v) is 14.2. The van der Waals surface area contributed by atoms with Gasteiger partial charge in [-0.2, -0.15) is 4.52 Å². The molecule has 1 aliphatic rings. The highest BCUT2D eigenvalue weighted by Crippen LogP contribution is 2.29. The van der Waals surface area contributed by atoms with Crippen LogP contribution in [0.4, 0.5) is 14.7 Å². The Hall–Kier alpha value is -2.81. The standard InChI is InChI=1S/C17H18F2N6O/c1-26-13-5-3-2-4-11(13)12-8-15-22-14(23-25(15)16(20)21-12)6-7-24-9-17(18,19)10-24/h2-5,8H,6-7,9-10H2,1H3,(H2,20,21). The minimum atomic E-state index is -2.57. The second-order valence-corrected chi connectivity index (χ2v) is 6.31. The maximum atomic E-state index is 12.9. The van der Waals surface area contributed by atoms with Crippen molar-refractivity contribution >= 4 is 11.6 Å². The van der Waals surface area contributed by atoms with Gasteiger partial charge >= 0.3 is 0 Å². The number of hydrogen-bond donors (Lipinski definition) is 1. The summed E-state index contributed by atoms with van der Waals surface area (Å²) in [5.41, 5.74) is 8.02. The van der Waals surface area contributed by atoms with Crippen molar-refractivity contribution in [3.05, 3.63) is 36.2 Å². The maximum Gasteiger partial charge on any atom is 0.272 e. The molecule has 136 valence electrons. The topological polar surface area (TPSA) is 81.6 Å². The predicted octanol–water partition coefficient (Wildman–Crippen LogP) is 1.88. The number of methoxy groups -OCH3 is 1. The smallest absolute Gasteiger partial charge is 0.272 e. The minimum Gasteiger partial charge on any atom is -0.496 e. The van der Waals surface area contributed by atoms with Gasteiger partial charge < -0.3 is 10.5 Å². The van der Waals surface area contributed by atoms with E-state index in [1.165, 1.54) is 4.52 Å². The summed E-state index contributed by atoms with van der Waals surface area (Å²) in [5.74, 6) is -1.13. The molecule has 9 heteroatoms. The molecule has 3 aromatic rings. The first-order chi connectivity index (χ1) is 12.4. The lowest BCUT2D eigenvalue weighted by Crippen LogP contribution is -2.56. The molecule has 1 aromatic carbocycles. The van der Waals surface area contributed by atoms with E-state index < -0.39 is 5.92 Å².